The molecule has 33 heavy (non-hydrogen) atoms. The highest BCUT2D eigenvalue weighted by Gasteiger charge is 2.31. The number of rotatable bonds is 6. The fourth-order valence-electron chi connectivity index (χ4n) is 4.61. The number of nitrogens with zero attached hydrogens (tertiary/aromatic N) is 4. The van der Waals surface area contributed by atoms with Crippen molar-refractivity contribution >= 4 is 34.6 Å². The first-order chi connectivity index (χ1) is 16.2. The van der Waals surface area contributed by atoms with Crippen LogP contribution in [-0.2, 0) is 4.79 Å². The molecular formula is C25H29ClN4O3. The van der Waals surface area contributed by atoms with E-state index >= 15 is 0 Å². The first-order valence-corrected chi connectivity index (χ1v) is 12.0. The third-order valence-electron chi connectivity index (χ3n) is 6.58. The zero-order valence-corrected chi connectivity index (χ0v) is 19.4. The van der Waals surface area contributed by atoms with E-state index in [0.29, 0.717) is 23.6 Å². The monoisotopic (exact) mass is 468 g/mol. The quantitative estimate of drug-likeness (QED) is 0.546. The average Bonchev–Trinajstić information content (AvgIpc) is 3.30. The number of halogens is 1. The Morgan fingerprint density at radius 1 is 1.00 bits per heavy atom. The molecule has 8 heteroatoms. The Hall–Kier alpha value is -2.77. The maximum absolute atomic E-state index is 13.1. The molecule has 0 aliphatic carbocycles. The van der Waals surface area contributed by atoms with Crippen molar-refractivity contribution in [2.24, 2.45) is 5.92 Å². The van der Waals surface area contributed by atoms with Gasteiger partial charge in [0.05, 0.1) is 5.02 Å². The van der Waals surface area contributed by atoms with Crippen molar-refractivity contribution in [2.75, 3.05) is 57.3 Å². The number of oxazole rings is 1. The Morgan fingerprint density at radius 2 is 1.73 bits per heavy atom. The van der Waals surface area contributed by atoms with E-state index in [-0.39, 0.29) is 5.92 Å². The van der Waals surface area contributed by atoms with E-state index in [4.69, 9.17) is 20.8 Å². The molecule has 0 atom stereocenters. The molecule has 174 valence electrons. The third-order valence-corrected chi connectivity index (χ3v) is 6.90. The summed E-state index contributed by atoms with van der Waals surface area (Å²) in [6.07, 6.45) is 1.67. The van der Waals surface area contributed by atoms with E-state index in [2.05, 4.69) is 14.8 Å². The maximum Gasteiger partial charge on any atom is 0.298 e. The zero-order chi connectivity index (χ0) is 22.6. The summed E-state index contributed by atoms with van der Waals surface area (Å²) in [5, 5.41) is 0.634. The summed E-state index contributed by atoms with van der Waals surface area (Å²) in [5.74, 6) is 1.09. The van der Waals surface area contributed by atoms with E-state index in [9.17, 15) is 4.79 Å². The topological polar surface area (TPSA) is 62.1 Å². The Bertz CT molecular complexity index is 1050. The molecule has 1 amide bonds. The van der Waals surface area contributed by atoms with Gasteiger partial charge in [0, 0.05) is 51.7 Å². The number of para-hydroxylation sites is 3. The molecule has 2 aromatic carbocycles. The summed E-state index contributed by atoms with van der Waals surface area (Å²) in [6, 6.07) is 16.0. The summed E-state index contributed by atoms with van der Waals surface area (Å²) in [5.41, 5.74) is 1.68. The van der Waals surface area contributed by atoms with Crippen LogP contribution in [0.25, 0.3) is 11.1 Å². The number of carbonyl (C=O) groups excluding carboxylic acids is 1. The number of amides is 1. The second kappa shape index (κ2) is 10.0. The fourth-order valence-corrected chi connectivity index (χ4v) is 4.80. The highest BCUT2D eigenvalue weighted by atomic mass is 35.5. The Labute approximate surface area is 198 Å². The molecule has 7 nitrogen and oxygen atoms in total. The summed E-state index contributed by atoms with van der Waals surface area (Å²) < 4.78 is 11.7. The van der Waals surface area contributed by atoms with Crippen molar-refractivity contribution in [3.8, 4) is 5.75 Å². The number of benzene rings is 2. The first kappa shape index (κ1) is 22.0. The molecule has 0 N–H and O–H groups in total. The summed E-state index contributed by atoms with van der Waals surface area (Å²) >= 11 is 6.14. The summed E-state index contributed by atoms with van der Waals surface area (Å²) in [7, 11) is 0. The second-order valence-electron chi connectivity index (χ2n) is 8.67. The minimum Gasteiger partial charge on any atom is -0.491 e. The van der Waals surface area contributed by atoms with Crippen molar-refractivity contribution in [1.82, 2.24) is 14.8 Å². The fraction of sp³-hybridized carbons (Fsp3) is 0.440. The van der Waals surface area contributed by atoms with E-state index in [0.717, 1.165) is 75.5 Å². The van der Waals surface area contributed by atoms with Crippen molar-refractivity contribution in [1.29, 1.82) is 0 Å². The van der Waals surface area contributed by atoms with Gasteiger partial charge in [0.15, 0.2) is 5.58 Å². The van der Waals surface area contributed by atoms with Crippen molar-refractivity contribution in [3.05, 3.63) is 53.6 Å². The standard InChI is InChI=1S/C25H29ClN4O3/c26-20-5-1-3-7-22(20)32-18-17-28-13-15-29(16-14-28)24(31)19-9-11-30(12-10-19)25-27-21-6-2-4-8-23(21)33-25/h1-8,19H,9-18H2. The molecule has 0 radical (unpaired) electrons. The normalized spacial score (nSPS) is 18.1. The SMILES string of the molecule is O=C(C1CCN(c2nc3ccccc3o2)CC1)N1CCN(CCOc2ccccc2Cl)CC1. The minimum atomic E-state index is 0.0840. The number of anilines is 1. The average molecular weight is 469 g/mol. The second-order valence-corrected chi connectivity index (χ2v) is 9.08. The number of carbonyl (C=O) groups is 1. The lowest BCUT2D eigenvalue weighted by Crippen LogP contribution is -2.52. The van der Waals surface area contributed by atoms with Crippen LogP contribution in [0.2, 0.25) is 5.02 Å². The van der Waals surface area contributed by atoms with E-state index in [1.54, 1.807) is 0 Å². The predicted octanol–water partition coefficient (Wildman–Crippen LogP) is 3.92. The van der Waals surface area contributed by atoms with Gasteiger partial charge in [0.1, 0.15) is 17.9 Å². The molecule has 3 aromatic rings. The molecule has 2 aliphatic heterocycles. The lowest BCUT2D eigenvalue weighted by molar-refractivity contribution is -0.138. The van der Waals surface area contributed by atoms with Crippen molar-refractivity contribution < 1.29 is 13.9 Å². The van der Waals surface area contributed by atoms with Crippen LogP contribution in [0.1, 0.15) is 12.8 Å². The Kier molecular flexibility index (Phi) is 6.69. The van der Waals surface area contributed by atoms with Gasteiger partial charge in [-0.25, -0.2) is 0 Å². The highest BCUT2D eigenvalue weighted by Crippen LogP contribution is 2.27. The number of fused-ring (bicyclic) bond motifs is 1. The smallest absolute Gasteiger partial charge is 0.298 e. The van der Waals surface area contributed by atoms with Crippen LogP contribution < -0.4 is 9.64 Å². The number of ether oxygens (including phenoxy) is 1. The van der Waals surface area contributed by atoms with Crippen LogP contribution in [0.5, 0.6) is 5.75 Å². The van der Waals surface area contributed by atoms with Gasteiger partial charge in [-0.1, -0.05) is 35.9 Å². The van der Waals surface area contributed by atoms with E-state index in [1.165, 1.54) is 0 Å². The molecule has 1 aromatic heterocycles. The number of piperazine rings is 1. The number of hydrogen-bond acceptors (Lipinski definition) is 6. The molecule has 2 aliphatic rings. The van der Waals surface area contributed by atoms with Crippen LogP contribution >= 0.6 is 11.6 Å². The van der Waals surface area contributed by atoms with Gasteiger partial charge < -0.3 is 19.0 Å². The predicted molar refractivity (Wildman–Crippen MR) is 129 cm³/mol. The van der Waals surface area contributed by atoms with Gasteiger partial charge in [0.2, 0.25) is 5.91 Å². The number of hydrogen-bond donors (Lipinski definition) is 0. The lowest BCUT2D eigenvalue weighted by Gasteiger charge is -2.38. The molecule has 0 saturated carbocycles. The largest absolute Gasteiger partial charge is 0.491 e. The zero-order valence-electron chi connectivity index (χ0n) is 18.7. The molecule has 3 heterocycles. The van der Waals surface area contributed by atoms with Gasteiger partial charge in [0.25, 0.3) is 6.01 Å². The number of aromatic nitrogens is 1. The molecule has 0 bridgehead atoms. The van der Waals surface area contributed by atoms with Gasteiger partial charge in [-0.2, -0.15) is 4.98 Å². The Balaban J connectivity index is 1.05. The van der Waals surface area contributed by atoms with Crippen molar-refractivity contribution in [2.45, 2.75) is 12.8 Å². The van der Waals surface area contributed by atoms with Crippen LogP contribution in [0, 0.1) is 5.92 Å². The van der Waals surface area contributed by atoms with Gasteiger partial charge >= 0.3 is 0 Å². The molecule has 0 unspecified atom stereocenters. The van der Waals surface area contributed by atoms with Gasteiger partial charge in [-0.15, -0.1) is 0 Å². The summed E-state index contributed by atoms with van der Waals surface area (Å²) in [6.45, 7) is 6.30. The molecule has 0 spiro atoms. The highest BCUT2D eigenvalue weighted by molar-refractivity contribution is 6.32. The number of piperidine rings is 1. The van der Waals surface area contributed by atoms with Crippen LogP contribution in [0.15, 0.2) is 52.9 Å². The summed E-state index contributed by atoms with van der Waals surface area (Å²) in [4.78, 5) is 24.2. The van der Waals surface area contributed by atoms with Gasteiger partial charge in [-0.05, 0) is 37.1 Å². The minimum absolute atomic E-state index is 0.0840. The van der Waals surface area contributed by atoms with Crippen LogP contribution in [0.4, 0.5) is 6.01 Å². The van der Waals surface area contributed by atoms with E-state index < -0.39 is 0 Å². The molecule has 2 fully saturated rings. The Morgan fingerprint density at radius 3 is 2.48 bits per heavy atom. The molecule has 5 rings (SSSR count). The third kappa shape index (κ3) is 5.09. The first-order valence-electron chi connectivity index (χ1n) is 11.7. The van der Waals surface area contributed by atoms with Crippen molar-refractivity contribution in [3.63, 3.8) is 0 Å². The van der Waals surface area contributed by atoms with Crippen LogP contribution in [-0.4, -0.2) is 73.1 Å². The van der Waals surface area contributed by atoms with Crippen LogP contribution in [0.3, 0.4) is 0 Å². The molecule has 2 saturated heterocycles. The maximum atomic E-state index is 13.1. The van der Waals surface area contributed by atoms with Gasteiger partial charge in [-0.3, -0.25) is 9.69 Å². The van der Waals surface area contributed by atoms with E-state index in [1.807, 2.05) is 53.4 Å². The lowest BCUT2D eigenvalue weighted by atomic mass is 9.95. The molecular weight excluding hydrogens is 440 g/mol.